The quantitative estimate of drug-likeness (QED) is 0.761. The molecule has 0 unspecified atom stereocenters. The van der Waals surface area contributed by atoms with Crippen LogP contribution in [0.15, 0.2) is 18.2 Å². The molecule has 0 bridgehead atoms. The molecule has 0 saturated carbocycles. The highest BCUT2D eigenvalue weighted by Gasteiger charge is 2.16. The number of nitrogens with zero attached hydrogens (tertiary/aromatic N) is 3. The van der Waals surface area contributed by atoms with Crippen LogP contribution in [0.25, 0.3) is 11.0 Å². The number of nitrogens with one attached hydrogen (secondary N) is 1. The lowest BCUT2D eigenvalue weighted by Crippen LogP contribution is -2.26. The molecule has 1 amide bonds. The molecule has 1 aromatic heterocycles. The molecule has 0 radical (unpaired) electrons. The van der Waals surface area contributed by atoms with Gasteiger partial charge in [0.2, 0.25) is 5.91 Å². The Kier molecular flexibility index (Phi) is 6.89. The summed E-state index contributed by atoms with van der Waals surface area (Å²) in [5.74, 6) is 1.58. The van der Waals surface area contributed by atoms with Gasteiger partial charge in [-0.05, 0) is 56.5 Å². The van der Waals surface area contributed by atoms with E-state index in [0.29, 0.717) is 12.3 Å². The zero-order valence-corrected chi connectivity index (χ0v) is 17.1. The van der Waals surface area contributed by atoms with E-state index in [2.05, 4.69) is 41.6 Å². The average Bonchev–Trinajstić information content (AvgIpc) is 2.78. The Hall–Kier alpha value is -1.88. The fraction of sp³-hybridized carbons (Fsp3) is 0.636. The van der Waals surface area contributed by atoms with Gasteiger partial charge in [0.1, 0.15) is 5.82 Å². The average molecular weight is 371 g/mol. The summed E-state index contributed by atoms with van der Waals surface area (Å²) in [5.41, 5.74) is 3.00. The molecule has 1 aliphatic heterocycles. The second-order valence-corrected chi connectivity index (χ2v) is 8.22. The fourth-order valence-electron chi connectivity index (χ4n) is 3.93. The number of imidazole rings is 1. The summed E-state index contributed by atoms with van der Waals surface area (Å²) in [7, 11) is 0. The van der Waals surface area contributed by atoms with Crippen molar-refractivity contribution in [2.24, 2.45) is 5.92 Å². The van der Waals surface area contributed by atoms with Crippen molar-refractivity contribution >= 4 is 22.6 Å². The molecule has 0 aliphatic carbocycles. The second-order valence-electron chi connectivity index (χ2n) is 8.22. The van der Waals surface area contributed by atoms with Crippen LogP contribution >= 0.6 is 0 Å². The Morgan fingerprint density at radius 2 is 1.93 bits per heavy atom. The molecule has 2 aromatic rings. The van der Waals surface area contributed by atoms with E-state index < -0.39 is 0 Å². The van der Waals surface area contributed by atoms with Crippen LogP contribution in [0, 0.1) is 5.92 Å². The molecule has 1 N–H and O–H groups in total. The van der Waals surface area contributed by atoms with Crippen molar-refractivity contribution in [3.8, 4) is 0 Å². The zero-order valence-electron chi connectivity index (χ0n) is 17.1. The van der Waals surface area contributed by atoms with Crippen LogP contribution in [-0.2, 0) is 17.9 Å². The van der Waals surface area contributed by atoms with Crippen LogP contribution in [0.3, 0.4) is 0 Å². The summed E-state index contributed by atoms with van der Waals surface area (Å²) in [6, 6.07) is 6.13. The number of carbonyl (C=O) groups is 1. The number of aromatic nitrogens is 2. The molecule has 1 fully saturated rings. The Bertz CT molecular complexity index is 757. The van der Waals surface area contributed by atoms with Crippen molar-refractivity contribution in [3.63, 3.8) is 0 Å². The van der Waals surface area contributed by atoms with Gasteiger partial charge in [-0.1, -0.05) is 33.6 Å². The monoisotopic (exact) mass is 370 g/mol. The van der Waals surface area contributed by atoms with Crippen LogP contribution in [0.1, 0.15) is 65.1 Å². The van der Waals surface area contributed by atoms with E-state index in [1.165, 1.54) is 44.3 Å². The van der Waals surface area contributed by atoms with Crippen molar-refractivity contribution < 1.29 is 4.79 Å². The summed E-state index contributed by atoms with van der Waals surface area (Å²) in [4.78, 5) is 19.6. The van der Waals surface area contributed by atoms with Crippen LogP contribution in [0.5, 0.6) is 0 Å². The van der Waals surface area contributed by atoms with Crippen molar-refractivity contribution in [3.05, 3.63) is 24.0 Å². The Balaban J connectivity index is 1.82. The number of benzene rings is 1. The molecular formula is C22H34N4O. The van der Waals surface area contributed by atoms with Gasteiger partial charge in [0.05, 0.1) is 17.6 Å². The van der Waals surface area contributed by atoms with Gasteiger partial charge in [-0.25, -0.2) is 4.98 Å². The molecule has 27 heavy (non-hydrogen) atoms. The fourth-order valence-corrected chi connectivity index (χ4v) is 3.93. The van der Waals surface area contributed by atoms with E-state index in [0.717, 1.165) is 36.5 Å². The number of amides is 1. The third-order valence-electron chi connectivity index (χ3n) is 5.22. The van der Waals surface area contributed by atoms with E-state index >= 15 is 0 Å². The molecule has 0 atom stereocenters. The van der Waals surface area contributed by atoms with Gasteiger partial charge in [0.25, 0.3) is 0 Å². The standard InChI is InChI=1S/C22H34N4O/c1-4-11-26-20-10-9-18(23-22(27)14-17(2)3)15-19(20)24-21(26)16-25-12-7-5-6-8-13-25/h9-10,15,17H,4-8,11-14,16H2,1-3H3,(H,23,27). The molecule has 2 heterocycles. The van der Waals surface area contributed by atoms with Crippen LogP contribution in [-0.4, -0.2) is 33.4 Å². The van der Waals surface area contributed by atoms with E-state index in [9.17, 15) is 4.79 Å². The largest absolute Gasteiger partial charge is 0.327 e. The predicted octanol–water partition coefficient (Wildman–Crippen LogP) is 4.81. The van der Waals surface area contributed by atoms with Gasteiger partial charge in [-0.2, -0.15) is 0 Å². The zero-order chi connectivity index (χ0) is 19.2. The lowest BCUT2D eigenvalue weighted by atomic mass is 10.1. The molecular weight excluding hydrogens is 336 g/mol. The molecule has 3 rings (SSSR count). The number of fused-ring (bicyclic) bond motifs is 1. The minimum absolute atomic E-state index is 0.0714. The third-order valence-corrected chi connectivity index (χ3v) is 5.22. The van der Waals surface area contributed by atoms with Crippen molar-refractivity contribution in [2.75, 3.05) is 18.4 Å². The summed E-state index contributed by atoms with van der Waals surface area (Å²) < 4.78 is 2.36. The molecule has 1 aromatic carbocycles. The van der Waals surface area contributed by atoms with Gasteiger partial charge in [0, 0.05) is 18.7 Å². The second kappa shape index (κ2) is 9.36. The Morgan fingerprint density at radius 1 is 1.19 bits per heavy atom. The maximum Gasteiger partial charge on any atom is 0.224 e. The van der Waals surface area contributed by atoms with Crippen LogP contribution < -0.4 is 5.32 Å². The molecule has 0 spiro atoms. The van der Waals surface area contributed by atoms with Crippen LogP contribution in [0.2, 0.25) is 0 Å². The topological polar surface area (TPSA) is 50.2 Å². The van der Waals surface area contributed by atoms with E-state index in [-0.39, 0.29) is 5.91 Å². The first-order chi connectivity index (χ1) is 13.1. The number of hydrogen-bond acceptors (Lipinski definition) is 3. The lowest BCUT2D eigenvalue weighted by molar-refractivity contribution is -0.116. The Morgan fingerprint density at radius 3 is 2.59 bits per heavy atom. The summed E-state index contributed by atoms with van der Waals surface area (Å²) in [5, 5.41) is 3.02. The molecule has 5 heteroatoms. The maximum absolute atomic E-state index is 12.1. The highest BCUT2D eigenvalue weighted by molar-refractivity contribution is 5.93. The minimum atomic E-state index is 0.0714. The van der Waals surface area contributed by atoms with Gasteiger partial charge in [-0.15, -0.1) is 0 Å². The van der Waals surface area contributed by atoms with Gasteiger partial charge in [0.15, 0.2) is 0 Å². The normalized spacial score (nSPS) is 16.0. The van der Waals surface area contributed by atoms with Crippen LogP contribution in [0.4, 0.5) is 5.69 Å². The predicted molar refractivity (Wildman–Crippen MR) is 112 cm³/mol. The molecule has 1 saturated heterocycles. The van der Waals surface area contributed by atoms with E-state index in [1.54, 1.807) is 0 Å². The smallest absolute Gasteiger partial charge is 0.224 e. The first-order valence-electron chi connectivity index (χ1n) is 10.6. The molecule has 148 valence electrons. The summed E-state index contributed by atoms with van der Waals surface area (Å²) in [6.07, 6.45) is 6.91. The number of aryl methyl sites for hydroxylation is 1. The SMILES string of the molecule is CCCn1c(CN2CCCCCC2)nc2cc(NC(=O)CC(C)C)ccc21. The van der Waals surface area contributed by atoms with E-state index in [1.807, 2.05) is 12.1 Å². The summed E-state index contributed by atoms with van der Waals surface area (Å²) in [6.45, 7) is 10.6. The van der Waals surface area contributed by atoms with Gasteiger partial charge < -0.3 is 9.88 Å². The number of carbonyl (C=O) groups excluding carboxylic acids is 1. The van der Waals surface area contributed by atoms with Crippen molar-refractivity contribution in [1.82, 2.24) is 14.5 Å². The first-order valence-corrected chi connectivity index (χ1v) is 10.6. The molecule has 5 nitrogen and oxygen atoms in total. The number of anilines is 1. The van der Waals surface area contributed by atoms with E-state index in [4.69, 9.17) is 4.98 Å². The maximum atomic E-state index is 12.1. The Labute approximate surface area is 163 Å². The summed E-state index contributed by atoms with van der Waals surface area (Å²) >= 11 is 0. The van der Waals surface area contributed by atoms with Gasteiger partial charge >= 0.3 is 0 Å². The highest BCUT2D eigenvalue weighted by atomic mass is 16.1. The number of likely N-dealkylation sites (tertiary alicyclic amines) is 1. The van der Waals surface area contributed by atoms with Crippen molar-refractivity contribution in [1.29, 1.82) is 0 Å². The highest BCUT2D eigenvalue weighted by Crippen LogP contribution is 2.23. The number of rotatable bonds is 7. The third kappa shape index (κ3) is 5.32. The van der Waals surface area contributed by atoms with Gasteiger partial charge in [-0.3, -0.25) is 9.69 Å². The number of hydrogen-bond donors (Lipinski definition) is 1. The molecule has 1 aliphatic rings. The lowest BCUT2D eigenvalue weighted by Gasteiger charge is -2.20. The minimum Gasteiger partial charge on any atom is -0.327 e. The first kappa shape index (κ1) is 19.9. The van der Waals surface area contributed by atoms with Crippen molar-refractivity contribution in [2.45, 2.75) is 72.4 Å².